The normalized spacial score (nSPS) is 14.8. The minimum Gasteiger partial charge on any atom is -0.455 e. The van der Waals surface area contributed by atoms with Crippen molar-refractivity contribution in [2.24, 2.45) is 0 Å². The minimum atomic E-state index is -0.570. The van der Waals surface area contributed by atoms with Crippen molar-refractivity contribution in [2.45, 2.75) is 5.41 Å². The van der Waals surface area contributed by atoms with E-state index in [-0.39, 0.29) is 0 Å². The lowest BCUT2D eigenvalue weighted by molar-refractivity contribution is 0.669. The number of hydrogen-bond donors (Lipinski definition) is 0. The van der Waals surface area contributed by atoms with Crippen LogP contribution in [0.2, 0.25) is 0 Å². The fourth-order valence-electron chi connectivity index (χ4n) is 11.4. The van der Waals surface area contributed by atoms with Crippen LogP contribution in [0.4, 0.5) is 0 Å². The van der Waals surface area contributed by atoms with Gasteiger partial charge in [0.15, 0.2) is 0 Å². The maximum Gasteiger partial charge on any atom is 0.143 e. The van der Waals surface area contributed by atoms with Crippen LogP contribution in [0.15, 0.2) is 223 Å². The van der Waals surface area contributed by atoms with E-state index in [9.17, 15) is 0 Å². The Morgan fingerprint density at radius 3 is 1.42 bits per heavy atom. The molecule has 62 heavy (non-hydrogen) atoms. The molecule has 286 valence electrons. The lowest BCUT2D eigenvalue weighted by Gasteiger charge is -2.31. The lowest BCUT2D eigenvalue weighted by Crippen LogP contribution is -2.26. The van der Waals surface area contributed by atoms with Crippen LogP contribution in [0.1, 0.15) is 22.3 Å². The van der Waals surface area contributed by atoms with Crippen molar-refractivity contribution in [1.82, 2.24) is 0 Å². The molecule has 1 atom stereocenters. The van der Waals surface area contributed by atoms with Crippen LogP contribution in [-0.4, -0.2) is 0 Å². The van der Waals surface area contributed by atoms with E-state index in [1.807, 2.05) is 0 Å². The fourth-order valence-corrected chi connectivity index (χ4v) is 11.4. The zero-order valence-corrected chi connectivity index (χ0v) is 33.7. The summed E-state index contributed by atoms with van der Waals surface area (Å²) < 4.78 is 6.87. The highest BCUT2D eigenvalue weighted by Gasteiger charge is 2.52. The smallest absolute Gasteiger partial charge is 0.143 e. The second-order valence-electron chi connectivity index (χ2n) is 17.1. The Labute approximate surface area is 358 Å². The summed E-state index contributed by atoms with van der Waals surface area (Å²) in [4.78, 5) is 0. The van der Waals surface area contributed by atoms with Crippen LogP contribution in [0, 0.1) is 0 Å². The second kappa shape index (κ2) is 12.5. The van der Waals surface area contributed by atoms with Crippen molar-refractivity contribution < 1.29 is 4.42 Å². The van der Waals surface area contributed by atoms with Gasteiger partial charge in [-0.05, 0) is 129 Å². The molecule has 0 radical (unpaired) electrons. The average Bonchev–Trinajstić information content (AvgIpc) is 3.98. The molecule has 1 heterocycles. The van der Waals surface area contributed by atoms with Crippen LogP contribution < -0.4 is 0 Å². The van der Waals surface area contributed by atoms with Gasteiger partial charge in [0.05, 0.1) is 5.41 Å². The highest BCUT2D eigenvalue weighted by molar-refractivity contribution is 6.26. The van der Waals surface area contributed by atoms with Crippen molar-refractivity contribution in [1.29, 1.82) is 0 Å². The summed E-state index contributed by atoms with van der Waals surface area (Å²) in [6, 6.07) is 81.1. The summed E-state index contributed by atoms with van der Waals surface area (Å²) in [6.45, 7) is 0. The molecule has 0 saturated carbocycles. The van der Waals surface area contributed by atoms with E-state index in [2.05, 4.69) is 218 Å². The molecule has 11 aromatic carbocycles. The molecule has 0 bridgehead atoms. The molecule has 1 spiro atoms. The van der Waals surface area contributed by atoms with Crippen LogP contribution in [0.3, 0.4) is 0 Å². The molecule has 0 fully saturated rings. The van der Waals surface area contributed by atoms with E-state index >= 15 is 0 Å². The average molecular weight is 785 g/mol. The molecule has 0 N–H and O–H groups in total. The predicted octanol–water partition coefficient (Wildman–Crippen LogP) is 16.4. The minimum absolute atomic E-state index is 0.570. The Hall–Kier alpha value is -8.00. The van der Waals surface area contributed by atoms with E-state index in [0.717, 1.165) is 21.9 Å². The maximum atomic E-state index is 6.87. The van der Waals surface area contributed by atoms with Crippen LogP contribution in [0.5, 0.6) is 0 Å². The van der Waals surface area contributed by atoms with E-state index in [1.54, 1.807) is 0 Å². The van der Waals surface area contributed by atoms with E-state index in [4.69, 9.17) is 4.42 Å². The lowest BCUT2D eigenvalue weighted by atomic mass is 9.70. The molecule has 0 amide bonds. The maximum absolute atomic E-state index is 6.87. The summed E-state index contributed by atoms with van der Waals surface area (Å²) in [7, 11) is 0. The Morgan fingerprint density at radius 1 is 0.258 bits per heavy atom. The van der Waals surface area contributed by atoms with Gasteiger partial charge < -0.3 is 4.42 Å². The van der Waals surface area contributed by atoms with Gasteiger partial charge in [-0.1, -0.05) is 194 Å². The first-order valence-electron chi connectivity index (χ1n) is 21.6. The largest absolute Gasteiger partial charge is 0.455 e. The van der Waals surface area contributed by atoms with E-state index in [0.29, 0.717) is 0 Å². The first-order valence-corrected chi connectivity index (χ1v) is 21.6. The van der Waals surface area contributed by atoms with Crippen molar-refractivity contribution in [3.63, 3.8) is 0 Å². The van der Waals surface area contributed by atoms with Crippen LogP contribution >= 0.6 is 0 Å². The summed E-state index contributed by atoms with van der Waals surface area (Å²) in [6.07, 6.45) is 0. The third-order valence-electron chi connectivity index (χ3n) is 14.1. The van der Waals surface area contributed by atoms with Gasteiger partial charge in [0.25, 0.3) is 0 Å². The molecule has 0 aliphatic heterocycles. The molecule has 12 aromatic rings. The summed E-state index contributed by atoms with van der Waals surface area (Å²) in [5.41, 5.74) is 18.8. The monoisotopic (exact) mass is 784 g/mol. The number of para-hydroxylation sites is 1. The third kappa shape index (κ3) is 4.47. The number of fused-ring (bicyclic) bond motifs is 20. The van der Waals surface area contributed by atoms with Crippen molar-refractivity contribution in [3.05, 3.63) is 241 Å². The first kappa shape index (κ1) is 33.8. The van der Waals surface area contributed by atoms with Gasteiger partial charge >= 0.3 is 0 Å². The van der Waals surface area contributed by atoms with Gasteiger partial charge in [0.2, 0.25) is 0 Å². The van der Waals surface area contributed by atoms with Crippen LogP contribution in [-0.2, 0) is 5.41 Å². The summed E-state index contributed by atoms with van der Waals surface area (Å²) >= 11 is 0. The zero-order chi connectivity index (χ0) is 40.5. The molecule has 1 nitrogen and oxygen atoms in total. The van der Waals surface area contributed by atoms with Gasteiger partial charge in [-0.2, -0.15) is 0 Å². The topological polar surface area (TPSA) is 13.1 Å². The molecule has 14 rings (SSSR count). The Kier molecular flexibility index (Phi) is 6.82. The summed E-state index contributed by atoms with van der Waals surface area (Å²) in [5, 5.41) is 10.0. The molecular formula is C61H36O. The van der Waals surface area contributed by atoms with Gasteiger partial charge in [0.1, 0.15) is 11.2 Å². The number of benzene rings is 11. The standard InChI is InChI=1S/C61H36O/c1-2-12-37(13-3-1)38-22-24-39(25-23-38)41-27-30-48-49-31-28-42(40-26-29-47-45-16-5-4-14-43(45)44-15-6-7-17-46(44)53(47)34-40)36-57(49)61(56(48)35-41)54-20-10-8-19-52(54)59-55(61)33-32-51-50-18-9-11-21-58(50)62-60(51)59/h1-36H. The van der Waals surface area contributed by atoms with Gasteiger partial charge in [0, 0.05) is 16.3 Å². The molecular weight excluding hydrogens is 749 g/mol. The van der Waals surface area contributed by atoms with Crippen LogP contribution in [0.25, 0.3) is 110 Å². The molecule has 2 aliphatic carbocycles. The Morgan fingerprint density at radius 2 is 0.726 bits per heavy atom. The Balaban J connectivity index is 1.03. The molecule has 0 saturated heterocycles. The quantitative estimate of drug-likeness (QED) is 0.163. The fraction of sp³-hybridized carbons (Fsp3) is 0.0164. The second-order valence-corrected chi connectivity index (χ2v) is 17.1. The number of rotatable bonds is 3. The summed E-state index contributed by atoms with van der Waals surface area (Å²) in [5.74, 6) is 0. The van der Waals surface area contributed by atoms with Crippen molar-refractivity contribution in [2.75, 3.05) is 0 Å². The Bertz CT molecular complexity index is 3810. The highest BCUT2D eigenvalue weighted by Crippen LogP contribution is 2.65. The predicted molar refractivity (Wildman–Crippen MR) is 259 cm³/mol. The third-order valence-corrected chi connectivity index (χ3v) is 14.1. The molecule has 1 aromatic heterocycles. The van der Waals surface area contributed by atoms with Crippen molar-refractivity contribution >= 4 is 54.3 Å². The number of hydrogen-bond acceptors (Lipinski definition) is 1. The van der Waals surface area contributed by atoms with Crippen molar-refractivity contribution in [3.8, 4) is 55.6 Å². The zero-order valence-electron chi connectivity index (χ0n) is 33.7. The van der Waals surface area contributed by atoms with Gasteiger partial charge in [-0.25, -0.2) is 0 Å². The molecule has 2 aliphatic rings. The molecule has 1 unspecified atom stereocenters. The first-order chi connectivity index (χ1) is 30.7. The van der Waals surface area contributed by atoms with Gasteiger partial charge in [-0.15, -0.1) is 0 Å². The molecule has 1 heteroatoms. The van der Waals surface area contributed by atoms with E-state index < -0.39 is 5.41 Å². The highest BCUT2D eigenvalue weighted by atomic mass is 16.3. The number of furan rings is 1. The SMILES string of the molecule is c1ccc(-c2ccc(-c3ccc4c(c3)C3(c5cc(-c6ccc7c8ccccc8c8ccccc8c7c6)ccc5-4)c4ccccc4-c4c3ccc3c4oc4ccccc43)cc2)cc1. The van der Waals surface area contributed by atoms with E-state index in [1.165, 1.54) is 110 Å². The van der Waals surface area contributed by atoms with Gasteiger partial charge in [-0.3, -0.25) is 0 Å².